The summed E-state index contributed by atoms with van der Waals surface area (Å²) in [5.41, 5.74) is 3.05. The lowest BCUT2D eigenvalue weighted by atomic mass is 10.1. The summed E-state index contributed by atoms with van der Waals surface area (Å²) in [7, 11) is 0. The zero-order valence-electron chi connectivity index (χ0n) is 13.8. The van der Waals surface area contributed by atoms with Gasteiger partial charge in [-0.1, -0.05) is 22.0 Å². The highest BCUT2D eigenvalue weighted by atomic mass is 79.9. The lowest BCUT2D eigenvalue weighted by Crippen LogP contribution is -2.24. The number of halogens is 1. The predicted molar refractivity (Wildman–Crippen MR) is 99.8 cm³/mol. The monoisotopic (exact) mass is 385 g/mol. The molecule has 0 spiro atoms. The highest BCUT2D eigenvalue weighted by Crippen LogP contribution is 2.28. The first kappa shape index (κ1) is 16.7. The van der Waals surface area contributed by atoms with Crippen molar-refractivity contribution >= 4 is 32.7 Å². The van der Waals surface area contributed by atoms with E-state index in [-0.39, 0.29) is 5.91 Å². The van der Waals surface area contributed by atoms with Crippen LogP contribution >= 0.6 is 15.9 Å². The number of aromatic nitrogens is 2. The molecule has 2 aromatic heterocycles. The Morgan fingerprint density at radius 2 is 2.12 bits per heavy atom. The van der Waals surface area contributed by atoms with Crippen LogP contribution in [0.3, 0.4) is 0 Å². The molecule has 24 heavy (non-hydrogen) atoms. The number of nitrogens with zero attached hydrogens (tertiary/aromatic N) is 2. The second-order valence-corrected chi connectivity index (χ2v) is 7.01. The largest absolute Gasteiger partial charge is 0.350 e. The number of hydrogen-bond acceptors (Lipinski definition) is 2. The predicted octanol–water partition coefficient (Wildman–Crippen LogP) is 4.24. The summed E-state index contributed by atoms with van der Waals surface area (Å²) >= 11 is 3.52. The molecule has 0 radical (unpaired) electrons. The summed E-state index contributed by atoms with van der Waals surface area (Å²) in [6, 6.07) is 12.2. The Kier molecular flexibility index (Phi) is 5.00. The number of nitrogens with one attached hydrogen (secondary N) is 1. The normalized spacial score (nSPS) is 11.2. The minimum absolute atomic E-state index is 0.00318. The summed E-state index contributed by atoms with van der Waals surface area (Å²) in [4.78, 5) is 16.6. The third-order valence-electron chi connectivity index (χ3n) is 3.98. The smallest absolute Gasteiger partial charge is 0.224 e. The van der Waals surface area contributed by atoms with Crippen molar-refractivity contribution in [2.24, 2.45) is 0 Å². The molecule has 0 aliphatic rings. The van der Waals surface area contributed by atoms with Gasteiger partial charge in [0, 0.05) is 33.8 Å². The Morgan fingerprint density at radius 3 is 2.83 bits per heavy atom. The van der Waals surface area contributed by atoms with Crippen LogP contribution in [0.5, 0.6) is 0 Å². The van der Waals surface area contributed by atoms with E-state index in [9.17, 15) is 4.79 Å². The summed E-state index contributed by atoms with van der Waals surface area (Å²) in [5, 5.41) is 4.06. The van der Waals surface area contributed by atoms with Crippen LogP contribution in [-0.2, 0) is 17.8 Å². The van der Waals surface area contributed by atoms with E-state index in [4.69, 9.17) is 0 Å². The van der Waals surface area contributed by atoms with Crippen molar-refractivity contribution in [1.82, 2.24) is 14.9 Å². The molecule has 0 atom stereocenters. The van der Waals surface area contributed by atoms with Crippen LogP contribution in [0.1, 0.15) is 31.1 Å². The molecule has 0 fully saturated rings. The van der Waals surface area contributed by atoms with Gasteiger partial charge in [-0.15, -0.1) is 0 Å². The number of carbonyl (C=O) groups is 1. The molecule has 5 heteroatoms. The van der Waals surface area contributed by atoms with Gasteiger partial charge in [-0.2, -0.15) is 0 Å². The van der Waals surface area contributed by atoms with Crippen LogP contribution in [0.25, 0.3) is 10.9 Å². The highest BCUT2D eigenvalue weighted by Gasteiger charge is 2.14. The fraction of sp³-hybridized carbons (Fsp3) is 0.263. The number of benzene rings is 1. The van der Waals surface area contributed by atoms with Crippen molar-refractivity contribution in [3.8, 4) is 0 Å². The Bertz CT molecular complexity index is 856. The van der Waals surface area contributed by atoms with Gasteiger partial charge in [-0.05, 0) is 49.7 Å². The van der Waals surface area contributed by atoms with Gasteiger partial charge in [-0.25, -0.2) is 0 Å². The maximum Gasteiger partial charge on any atom is 0.224 e. The van der Waals surface area contributed by atoms with Gasteiger partial charge in [0.1, 0.15) is 0 Å². The van der Waals surface area contributed by atoms with E-state index in [1.807, 2.05) is 24.3 Å². The lowest BCUT2D eigenvalue weighted by Gasteiger charge is -2.08. The molecule has 2 heterocycles. The molecule has 0 saturated carbocycles. The third-order valence-corrected chi connectivity index (χ3v) is 4.47. The average molecular weight is 386 g/mol. The van der Waals surface area contributed by atoms with Gasteiger partial charge in [0.25, 0.3) is 0 Å². The number of hydrogen-bond donors (Lipinski definition) is 1. The lowest BCUT2D eigenvalue weighted by molar-refractivity contribution is -0.120. The molecule has 1 amide bonds. The maximum absolute atomic E-state index is 12.3. The molecule has 124 valence electrons. The fourth-order valence-corrected chi connectivity index (χ4v) is 3.15. The minimum Gasteiger partial charge on any atom is -0.350 e. The number of pyridine rings is 1. The highest BCUT2D eigenvalue weighted by molar-refractivity contribution is 9.10. The summed E-state index contributed by atoms with van der Waals surface area (Å²) in [6.45, 7) is 4.74. The summed E-state index contributed by atoms with van der Waals surface area (Å²) in [5.74, 6) is 0.00318. The van der Waals surface area contributed by atoms with Crippen molar-refractivity contribution in [1.29, 1.82) is 0 Å². The summed E-state index contributed by atoms with van der Waals surface area (Å²) in [6.07, 6.45) is 4.18. The van der Waals surface area contributed by atoms with Crippen LogP contribution < -0.4 is 5.32 Å². The molecule has 3 rings (SSSR count). The van der Waals surface area contributed by atoms with E-state index in [0.29, 0.717) is 19.0 Å². The Hall–Kier alpha value is -2.14. The first-order chi connectivity index (χ1) is 11.5. The van der Waals surface area contributed by atoms with Gasteiger partial charge < -0.3 is 9.88 Å². The van der Waals surface area contributed by atoms with Crippen LogP contribution in [0, 0.1) is 0 Å². The molecular weight excluding hydrogens is 366 g/mol. The Labute approximate surface area is 150 Å². The van der Waals surface area contributed by atoms with Gasteiger partial charge in [-0.3, -0.25) is 9.78 Å². The third kappa shape index (κ3) is 3.67. The average Bonchev–Trinajstić information content (AvgIpc) is 2.92. The molecular formula is C19H20BrN3O. The van der Waals surface area contributed by atoms with Crippen LogP contribution in [0.4, 0.5) is 0 Å². The van der Waals surface area contributed by atoms with Crippen molar-refractivity contribution in [2.45, 2.75) is 32.9 Å². The van der Waals surface area contributed by atoms with Gasteiger partial charge >= 0.3 is 0 Å². The zero-order valence-corrected chi connectivity index (χ0v) is 15.4. The molecule has 0 unspecified atom stereocenters. The number of rotatable bonds is 5. The molecule has 1 N–H and O–H groups in total. The van der Waals surface area contributed by atoms with E-state index >= 15 is 0 Å². The van der Waals surface area contributed by atoms with E-state index in [0.717, 1.165) is 26.6 Å². The molecule has 3 aromatic rings. The second-order valence-electron chi connectivity index (χ2n) is 6.09. The maximum atomic E-state index is 12.3. The van der Waals surface area contributed by atoms with E-state index in [1.165, 1.54) is 0 Å². The fourth-order valence-electron chi connectivity index (χ4n) is 2.79. The topological polar surface area (TPSA) is 46.9 Å². The van der Waals surface area contributed by atoms with Crippen LogP contribution in [-0.4, -0.2) is 15.5 Å². The van der Waals surface area contributed by atoms with E-state index in [2.05, 4.69) is 63.0 Å². The first-order valence-electron chi connectivity index (χ1n) is 8.00. The van der Waals surface area contributed by atoms with Gasteiger partial charge in [0.05, 0.1) is 18.7 Å². The zero-order chi connectivity index (χ0) is 17.1. The van der Waals surface area contributed by atoms with Gasteiger partial charge in [0.2, 0.25) is 5.91 Å². The van der Waals surface area contributed by atoms with E-state index < -0.39 is 0 Å². The molecule has 0 aliphatic heterocycles. The Balaban J connectivity index is 1.79. The molecule has 4 nitrogen and oxygen atoms in total. The number of carbonyl (C=O) groups excluding carboxylic acids is 1. The van der Waals surface area contributed by atoms with Crippen LogP contribution in [0.2, 0.25) is 0 Å². The van der Waals surface area contributed by atoms with Crippen LogP contribution in [0.15, 0.2) is 53.3 Å². The van der Waals surface area contributed by atoms with E-state index in [1.54, 1.807) is 6.20 Å². The number of amides is 1. The number of fused-ring (bicyclic) bond motifs is 1. The van der Waals surface area contributed by atoms with Gasteiger partial charge in [0.15, 0.2) is 0 Å². The summed E-state index contributed by atoms with van der Waals surface area (Å²) < 4.78 is 3.23. The van der Waals surface area contributed by atoms with Crippen molar-refractivity contribution < 1.29 is 4.79 Å². The first-order valence-corrected chi connectivity index (χ1v) is 8.79. The molecule has 0 saturated heterocycles. The quantitative estimate of drug-likeness (QED) is 0.713. The standard InChI is InChI=1S/C19H20BrN3O/c1-13(2)23-12-14(17-10-15(20)6-7-18(17)23)9-19(24)22-11-16-5-3-4-8-21-16/h3-8,10,12-13H,9,11H2,1-2H3,(H,22,24). The molecule has 0 aliphatic carbocycles. The van der Waals surface area contributed by atoms with Crippen molar-refractivity contribution in [3.05, 3.63) is 64.5 Å². The van der Waals surface area contributed by atoms with Crippen molar-refractivity contribution in [2.75, 3.05) is 0 Å². The molecule has 0 bridgehead atoms. The Morgan fingerprint density at radius 1 is 1.29 bits per heavy atom. The SMILES string of the molecule is CC(C)n1cc(CC(=O)NCc2ccccn2)c2cc(Br)ccc21. The molecule has 1 aromatic carbocycles. The van der Waals surface area contributed by atoms with Crippen molar-refractivity contribution in [3.63, 3.8) is 0 Å². The minimum atomic E-state index is 0.00318. The second kappa shape index (κ2) is 7.18.